The highest BCUT2D eigenvalue weighted by molar-refractivity contribution is 6.31. The number of unbranched alkanes of at least 4 members (excludes halogenated alkanes) is 1. The number of halogens is 2. The van der Waals surface area contributed by atoms with Crippen molar-refractivity contribution in [1.29, 1.82) is 0 Å². The number of benzene rings is 1. The third-order valence-corrected chi connectivity index (χ3v) is 9.32. The van der Waals surface area contributed by atoms with E-state index in [1.54, 1.807) is 48.2 Å². The molecule has 4 heterocycles. The van der Waals surface area contributed by atoms with E-state index >= 15 is 0 Å². The third kappa shape index (κ3) is 8.50. The van der Waals surface area contributed by atoms with Crippen LogP contribution in [0, 0.1) is 0 Å². The first-order valence-corrected chi connectivity index (χ1v) is 17.3. The monoisotopic (exact) mass is 700 g/mol. The molecule has 0 radical (unpaired) electrons. The molecule has 5 rings (SSSR count). The normalized spacial score (nSPS) is 15.7. The molecule has 3 amide bonds. The Morgan fingerprint density at radius 2 is 1.88 bits per heavy atom. The molecule has 3 aromatic rings. The summed E-state index contributed by atoms with van der Waals surface area (Å²) < 4.78 is 31.4. The number of aromatic nitrogens is 3. The fourth-order valence-electron chi connectivity index (χ4n) is 6.64. The number of carbonyl (C=O) groups excluding carboxylic acids is 3. The van der Waals surface area contributed by atoms with Gasteiger partial charge in [0.05, 0.1) is 67.8 Å². The molecule has 266 valence electrons. The maximum absolute atomic E-state index is 14.4. The number of ether oxygens (including phenoxy) is 3. The van der Waals surface area contributed by atoms with E-state index in [0.717, 1.165) is 16.8 Å². The molecule has 1 saturated heterocycles. The predicted octanol–water partition coefficient (Wildman–Crippen LogP) is 5.19. The number of pyridine rings is 1. The van der Waals surface area contributed by atoms with Gasteiger partial charge >= 0.3 is 6.09 Å². The van der Waals surface area contributed by atoms with Crippen molar-refractivity contribution in [2.45, 2.75) is 77.0 Å². The fraction of sp³-hybridized carbons (Fsp3) is 0.571. The van der Waals surface area contributed by atoms with E-state index in [1.165, 1.54) is 0 Å². The Labute approximate surface area is 291 Å². The van der Waals surface area contributed by atoms with Crippen molar-refractivity contribution in [3.05, 3.63) is 53.1 Å². The Hall–Kier alpha value is -3.81. The topological polar surface area (TPSA) is 128 Å². The number of aryl methyl sites for hydroxylation is 1. The summed E-state index contributed by atoms with van der Waals surface area (Å²) in [5, 5.41) is 3.35. The number of nitrogens with zero attached hydrogens (tertiary/aromatic N) is 5. The molecule has 1 aromatic carbocycles. The molecule has 1 fully saturated rings. The van der Waals surface area contributed by atoms with Crippen LogP contribution in [-0.4, -0.2) is 95.7 Å². The number of anilines is 1. The van der Waals surface area contributed by atoms with Gasteiger partial charge in [0, 0.05) is 44.0 Å². The predicted molar refractivity (Wildman–Crippen MR) is 183 cm³/mol. The summed E-state index contributed by atoms with van der Waals surface area (Å²) in [6.45, 7) is 8.60. The number of imidazole rings is 1. The molecule has 2 aliphatic rings. The highest BCUT2D eigenvalue weighted by Gasteiger charge is 2.53. The molecule has 0 aliphatic carbocycles. The number of hydrogen-bond donors (Lipinski definition) is 1. The van der Waals surface area contributed by atoms with E-state index in [2.05, 4.69) is 10.3 Å². The van der Waals surface area contributed by atoms with Gasteiger partial charge in [0.25, 0.3) is 0 Å². The minimum Gasteiger partial charge on any atom is -0.443 e. The molecule has 12 nitrogen and oxygen atoms in total. The molecule has 49 heavy (non-hydrogen) atoms. The fourth-order valence-corrected chi connectivity index (χ4v) is 6.81. The lowest BCUT2D eigenvalue weighted by Crippen LogP contribution is -2.51. The van der Waals surface area contributed by atoms with E-state index in [1.807, 2.05) is 23.6 Å². The maximum atomic E-state index is 14.4. The number of piperidine rings is 1. The molecule has 2 aliphatic heterocycles. The highest BCUT2D eigenvalue weighted by Crippen LogP contribution is 2.48. The standard InChI is InChI=1S/C35H46ClFN6O6/c1-4-47-19-20-48-18-14-39-31(44)22-34(2,3)49-33(46)41-16-10-35(11-17-41)26-9-13-38-23-29(26)43(32(35)45)24-30-40-27-21-25(36)7-8-28(27)42(30)15-6-5-12-37/h7-9,13,21,23H,4-6,10-12,14-20,22,24H2,1-3H3,(H,39,44). The lowest BCUT2D eigenvalue weighted by Gasteiger charge is -2.39. The quantitative estimate of drug-likeness (QED) is 0.202. The Balaban J connectivity index is 1.22. The van der Waals surface area contributed by atoms with Crippen LogP contribution in [0.4, 0.5) is 14.9 Å². The SMILES string of the molecule is CCOCCOCCNC(=O)CC(C)(C)OC(=O)N1CCC2(CC1)C(=O)N(Cc1nc3cc(Cl)ccc3n1CCCCF)c1cnccc12. The van der Waals surface area contributed by atoms with Gasteiger partial charge in [-0.05, 0) is 76.3 Å². The van der Waals surface area contributed by atoms with Gasteiger partial charge in [-0.1, -0.05) is 11.6 Å². The minimum atomic E-state index is -1.04. The van der Waals surface area contributed by atoms with Crippen LogP contribution in [0.25, 0.3) is 11.0 Å². The molecule has 1 N–H and O–H groups in total. The first-order valence-electron chi connectivity index (χ1n) is 17.0. The summed E-state index contributed by atoms with van der Waals surface area (Å²) in [4.78, 5) is 52.7. The van der Waals surface area contributed by atoms with Gasteiger partial charge < -0.3 is 33.9 Å². The van der Waals surface area contributed by atoms with Crippen LogP contribution in [0.1, 0.15) is 64.3 Å². The van der Waals surface area contributed by atoms with Gasteiger partial charge in [-0.25, -0.2) is 9.78 Å². The van der Waals surface area contributed by atoms with Crippen molar-refractivity contribution < 1.29 is 33.0 Å². The number of likely N-dealkylation sites (tertiary alicyclic amines) is 1. The van der Waals surface area contributed by atoms with Gasteiger partial charge in [0.2, 0.25) is 11.8 Å². The summed E-state index contributed by atoms with van der Waals surface area (Å²) in [6.07, 6.45) is 4.73. The lowest BCUT2D eigenvalue weighted by atomic mass is 9.74. The molecule has 1 spiro atoms. The number of nitrogens with one attached hydrogen (secondary N) is 1. The second-order valence-electron chi connectivity index (χ2n) is 13.0. The number of alkyl halides is 1. The molecule has 2 aromatic heterocycles. The second-order valence-corrected chi connectivity index (χ2v) is 13.5. The Kier molecular flexibility index (Phi) is 12.1. The second kappa shape index (κ2) is 16.3. The van der Waals surface area contributed by atoms with Crippen molar-refractivity contribution in [3.63, 3.8) is 0 Å². The molecule has 14 heteroatoms. The number of amides is 3. The average molecular weight is 701 g/mol. The van der Waals surface area contributed by atoms with Crippen LogP contribution < -0.4 is 10.2 Å². The van der Waals surface area contributed by atoms with Gasteiger partial charge in [0.1, 0.15) is 11.4 Å². The van der Waals surface area contributed by atoms with Crippen molar-refractivity contribution in [2.24, 2.45) is 0 Å². The van der Waals surface area contributed by atoms with E-state index in [4.69, 9.17) is 30.8 Å². The smallest absolute Gasteiger partial charge is 0.410 e. The van der Waals surface area contributed by atoms with Crippen LogP contribution in [-0.2, 0) is 42.3 Å². The number of rotatable bonds is 16. The zero-order valence-electron chi connectivity index (χ0n) is 28.5. The molecular formula is C35H46ClFN6O6. The molecule has 0 unspecified atom stereocenters. The summed E-state index contributed by atoms with van der Waals surface area (Å²) in [6, 6.07) is 7.38. The van der Waals surface area contributed by atoms with Crippen molar-refractivity contribution >= 4 is 46.2 Å². The van der Waals surface area contributed by atoms with Crippen LogP contribution >= 0.6 is 11.6 Å². The van der Waals surface area contributed by atoms with E-state index < -0.39 is 23.8 Å². The van der Waals surface area contributed by atoms with Gasteiger partial charge in [-0.15, -0.1) is 0 Å². The van der Waals surface area contributed by atoms with Gasteiger partial charge in [-0.2, -0.15) is 0 Å². The summed E-state index contributed by atoms with van der Waals surface area (Å²) in [5.74, 6) is 0.366. The first-order chi connectivity index (χ1) is 23.6. The molecular weight excluding hydrogens is 655 g/mol. The van der Waals surface area contributed by atoms with Gasteiger partial charge in [0.15, 0.2) is 0 Å². The zero-order chi connectivity index (χ0) is 35.0. The number of carbonyl (C=O) groups is 3. The number of fused-ring (bicyclic) bond motifs is 3. The van der Waals surface area contributed by atoms with Crippen LogP contribution in [0.2, 0.25) is 5.02 Å². The Bertz CT molecular complexity index is 1630. The molecule has 0 saturated carbocycles. The Morgan fingerprint density at radius 3 is 2.63 bits per heavy atom. The average Bonchev–Trinajstić information content (AvgIpc) is 3.52. The summed E-state index contributed by atoms with van der Waals surface area (Å²) in [7, 11) is 0. The maximum Gasteiger partial charge on any atom is 0.410 e. The van der Waals surface area contributed by atoms with Crippen molar-refractivity contribution in [2.75, 3.05) is 57.6 Å². The third-order valence-electron chi connectivity index (χ3n) is 9.08. The van der Waals surface area contributed by atoms with Crippen LogP contribution in [0.15, 0.2) is 36.7 Å². The van der Waals surface area contributed by atoms with Crippen molar-refractivity contribution in [1.82, 2.24) is 24.8 Å². The minimum absolute atomic E-state index is 0.00591. The summed E-state index contributed by atoms with van der Waals surface area (Å²) >= 11 is 6.26. The molecule has 0 bridgehead atoms. The van der Waals surface area contributed by atoms with Crippen LogP contribution in [0.3, 0.4) is 0 Å². The first kappa shape index (κ1) is 36.5. The largest absolute Gasteiger partial charge is 0.443 e. The lowest BCUT2D eigenvalue weighted by molar-refractivity contribution is -0.127. The van der Waals surface area contributed by atoms with E-state index in [9.17, 15) is 18.8 Å². The van der Waals surface area contributed by atoms with Crippen molar-refractivity contribution in [3.8, 4) is 0 Å². The Morgan fingerprint density at radius 1 is 1.10 bits per heavy atom. The summed E-state index contributed by atoms with van der Waals surface area (Å²) in [5.41, 5.74) is 1.32. The zero-order valence-corrected chi connectivity index (χ0v) is 29.3. The van der Waals surface area contributed by atoms with Gasteiger partial charge in [-0.3, -0.25) is 19.0 Å². The highest BCUT2D eigenvalue weighted by atomic mass is 35.5. The van der Waals surface area contributed by atoms with Crippen LogP contribution in [0.5, 0.6) is 0 Å². The van der Waals surface area contributed by atoms with E-state index in [-0.39, 0.29) is 24.8 Å². The van der Waals surface area contributed by atoms with E-state index in [0.29, 0.717) is 94.7 Å². The number of hydrogen-bond acceptors (Lipinski definition) is 8. The molecule has 0 atom stereocenters.